The fraction of sp³-hybridized carbons (Fsp3) is 0.606. The van der Waals surface area contributed by atoms with Crippen LogP contribution in [-0.4, -0.2) is 17.2 Å². The molecule has 0 aliphatic carbocycles. The van der Waals surface area contributed by atoms with Gasteiger partial charge in [-0.05, 0) is 24.0 Å². The van der Waals surface area contributed by atoms with Gasteiger partial charge in [0.05, 0.1) is 19.4 Å². The van der Waals surface area contributed by atoms with Crippen molar-refractivity contribution in [2.75, 3.05) is 6.16 Å². The molecule has 2 rings (SSSR count). The highest BCUT2D eigenvalue weighted by Crippen LogP contribution is 2.50. The molecule has 0 spiro atoms. The Labute approximate surface area is 237 Å². The number of rotatable bonds is 25. The molecule has 0 aromatic heterocycles. The molecule has 0 heterocycles. The summed E-state index contributed by atoms with van der Waals surface area (Å²) in [6.45, 7) is 0.614. The largest absolute Gasteiger partial charge is 0.481 e. The van der Waals surface area contributed by atoms with Crippen LogP contribution < -0.4 is 0 Å². The highest BCUT2D eigenvalue weighted by molar-refractivity contribution is 7.53. The Morgan fingerprint density at radius 1 is 0.538 bits per heavy atom. The van der Waals surface area contributed by atoms with Crippen molar-refractivity contribution in [2.24, 2.45) is 0 Å². The highest BCUT2D eigenvalue weighted by Gasteiger charge is 2.24. The van der Waals surface area contributed by atoms with Gasteiger partial charge in [-0.25, -0.2) is 0 Å². The van der Waals surface area contributed by atoms with Crippen LogP contribution >= 0.6 is 7.60 Å². The van der Waals surface area contributed by atoms with Crippen molar-refractivity contribution in [1.82, 2.24) is 0 Å². The van der Waals surface area contributed by atoms with Crippen LogP contribution in [0.4, 0.5) is 0 Å². The van der Waals surface area contributed by atoms with Gasteiger partial charge in [0, 0.05) is 6.42 Å². The van der Waals surface area contributed by atoms with Gasteiger partial charge in [-0.2, -0.15) is 0 Å². The molecule has 0 saturated heterocycles. The fourth-order valence-corrected chi connectivity index (χ4v) is 6.35. The molecule has 39 heavy (non-hydrogen) atoms. The van der Waals surface area contributed by atoms with Crippen LogP contribution in [0.1, 0.15) is 120 Å². The number of carboxylic acid groups (broad SMARTS) is 1. The van der Waals surface area contributed by atoms with E-state index in [-0.39, 0.29) is 0 Å². The minimum Gasteiger partial charge on any atom is -0.481 e. The number of aliphatic carboxylic acids is 1. The van der Waals surface area contributed by atoms with Gasteiger partial charge in [0.25, 0.3) is 0 Å². The van der Waals surface area contributed by atoms with Gasteiger partial charge < -0.3 is 14.2 Å². The number of carbonyl (C=O) groups is 1. The van der Waals surface area contributed by atoms with Crippen molar-refractivity contribution in [3.8, 4) is 0 Å². The minimum absolute atomic E-state index is 0.307. The number of hydrogen-bond donors (Lipinski definition) is 1. The Bertz CT molecular complexity index is 855. The van der Waals surface area contributed by atoms with E-state index in [0.29, 0.717) is 25.8 Å². The van der Waals surface area contributed by atoms with E-state index in [2.05, 4.69) is 0 Å². The monoisotopic (exact) mass is 558 g/mol. The Kier molecular flexibility index (Phi) is 18.6. The van der Waals surface area contributed by atoms with Crippen LogP contribution in [-0.2, 0) is 31.6 Å². The summed E-state index contributed by atoms with van der Waals surface area (Å²) in [6.07, 6.45) is 19.9. The zero-order valence-electron chi connectivity index (χ0n) is 23.9. The minimum atomic E-state index is -3.17. The number of benzene rings is 2. The van der Waals surface area contributed by atoms with Crippen LogP contribution in [0.2, 0.25) is 0 Å². The first-order chi connectivity index (χ1) is 19.1. The summed E-state index contributed by atoms with van der Waals surface area (Å²) in [6, 6.07) is 19.7. The molecule has 0 aliphatic heterocycles. The van der Waals surface area contributed by atoms with E-state index >= 15 is 0 Å². The fourth-order valence-electron chi connectivity index (χ4n) is 4.72. The molecule has 0 aliphatic rings. The normalized spacial score (nSPS) is 11.6. The Balaban J connectivity index is 1.48. The quantitative estimate of drug-likeness (QED) is 0.0969. The molecule has 0 bridgehead atoms. The van der Waals surface area contributed by atoms with Crippen LogP contribution in [0.5, 0.6) is 0 Å². The lowest BCUT2D eigenvalue weighted by molar-refractivity contribution is -0.137. The van der Waals surface area contributed by atoms with E-state index in [1.54, 1.807) is 0 Å². The highest BCUT2D eigenvalue weighted by atomic mass is 31.2. The van der Waals surface area contributed by atoms with Crippen molar-refractivity contribution in [2.45, 2.75) is 122 Å². The van der Waals surface area contributed by atoms with Gasteiger partial charge in [-0.15, -0.1) is 0 Å². The lowest BCUT2D eigenvalue weighted by Crippen LogP contribution is -2.02. The van der Waals surface area contributed by atoms with E-state index in [4.69, 9.17) is 14.2 Å². The maximum absolute atomic E-state index is 13.5. The maximum atomic E-state index is 13.5. The Morgan fingerprint density at radius 3 is 1.23 bits per heavy atom. The Morgan fingerprint density at radius 2 is 0.872 bits per heavy atom. The predicted molar refractivity (Wildman–Crippen MR) is 161 cm³/mol. The van der Waals surface area contributed by atoms with Crippen LogP contribution in [0, 0.1) is 0 Å². The summed E-state index contributed by atoms with van der Waals surface area (Å²) in [5, 5.41) is 8.64. The molecule has 2 aromatic rings. The average Bonchev–Trinajstić information content (AvgIpc) is 2.95. The van der Waals surface area contributed by atoms with Gasteiger partial charge in [-0.1, -0.05) is 151 Å². The van der Waals surface area contributed by atoms with E-state index in [0.717, 1.165) is 36.8 Å². The number of carboxylic acids is 1. The third-order valence-electron chi connectivity index (χ3n) is 7.11. The molecular formula is C33H51O5P. The molecular weight excluding hydrogens is 507 g/mol. The molecule has 6 heteroatoms. The summed E-state index contributed by atoms with van der Waals surface area (Å²) in [7, 11) is -3.17. The van der Waals surface area contributed by atoms with Gasteiger partial charge in [0.2, 0.25) is 0 Å². The lowest BCUT2D eigenvalue weighted by Gasteiger charge is -2.19. The van der Waals surface area contributed by atoms with Crippen LogP contribution in [0.25, 0.3) is 0 Å². The second kappa shape index (κ2) is 21.8. The molecule has 0 fully saturated rings. The van der Waals surface area contributed by atoms with Crippen LogP contribution in [0.3, 0.4) is 0 Å². The molecule has 0 radical (unpaired) electrons. The molecule has 218 valence electrons. The molecule has 0 unspecified atom stereocenters. The first-order valence-corrected chi connectivity index (χ1v) is 17.0. The predicted octanol–water partition coefficient (Wildman–Crippen LogP) is 10.3. The molecule has 0 amide bonds. The standard InChI is InChI=1S/C33H51O5P/c34-33(35)27-21-13-11-9-7-5-3-1-2-4-6-8-10-12-14-22-28-39(36,37-29-31-23-17-15-18-24-31)38-30-32-25-19-16-20-26-32/h15-20,23-26H,1-14,21-22,27-30H2,(H,34,35). The zero-order chi connectivity index (χ0) is 27.9. The molecule has 0 saturated carbocycles. The first-order valence-electron chi connectivity index (χ1n) is 15.3. The third kappa shape index (κ3) is 18.1. The molecule has 5 nitrogen and oxygen atoms in total. The number of hydrogen-bond acceptors (Lipinski definition) is 4. The van der Waals surface area contributed by atoms with Gasteiger partial charge >= 0.3 is 13.6 Å². The SMILES string of the molecule is O=C(O)CCCCCCCCCCCCCCCCCCP(=O)(OCc1ccccc1)OCc1ccccc1. The van der Waals surface area contributed by atoms with Crippen molar-refractivity contribution >= 4 is 13.6 Å². The van der Waals surface area contributed by atoms with Gasteiger partial charge in [0.15, 0.2) is 0 Å². The van der Waals surface area contributed by atoms with Gasteiger partial charge in [0.1, 0.15) is 0 Å². The van der Waals surface area contributed by atoms with Crippen molar-refractivity contribution < 1.29 is 23.5 Å². The molecule has 2 aromatic carbocycles. The van der Waals surface area contributed by atoms with E-state index < -0.39 is 13.6 Å². The topological polar surface area (TPSA) is 72.8 Å². The number of unbranched alkanes of at least 4 members (excludes halogenated alkanes) is 15. The first kappa shape index (κ1) is 33.3. The average molecular weight is 559 g/mol. The molecule has 1 N–H and O–H groups in total. The summed E-state index contributed by atoms with van der Waals surface area (Å²) in [5.74, 6) is -0.674. The zero-order valence-corrected chi connectivity index (χ0v) is 24.8. The van der Waals surface area contributed by atoms with E-state index in [9.17, 15) is 9.36 Å². The molecule has 0 atom stereocenters. The summed E-state index contributed by atoms with van der Waals surface area (Å²) >= 11 is 0. The van der Waals surface area contributed by atoms with Crippen molar-refractivity contribution in [1.29, 1.82) is 0 Å². The lowest BCUT2D eigenvalue weighted by atomic mass is 10.0. The summed E-state index contributed by atoms with van der Waals surface area (Å²) < 4.78 is 25.3. The second-order valence-corrected chi connectivity index (χ2v) is 12.8. The summed E-state index contributed by atoms with van der Waals surface area (Å²) in [5.41, 5.74) is 2.01. The smallest absolute Gasteiger partial charge is 0.331 e. The van der Waals surface area contributed by atoms with Crippen molar-refractivity contribution in [3.63, 3.8) is 0 Å². The van der Waals surface area contributed by atoms with E-state index in [1.165, 1.54) is 77.0 Å². The second-order valence-electron chi connectivity index (χ2n) is 10.7. The van der Waals surface area contributed by atoms with E-state index in [1.807, 2.05) is 60.7 Å². The van der Waals surface area contributed by atoms with Gasteiger partial charge in [-0.3, -0.25) is 9.36 Å². The third-order valence-corrected chi connectivity index (χ3v) is 9.02. The summed E-state index contributed by atoms with van der Waals surface area (Å²) in [4.78, 5) is 10.5. The van der Waals surface area contributed by atoms with Crippen molar-refractivity contribution in [3.05, 3.63) is 71.8 Å². The maximum Gasteiger partial charge on any atom is 0.331 e. The Hall–Kier alpha value is -1.94. The van der Waals surface area contributed by atoms with Crippen LogP contribution in [0.15, 0.2) is 60.7 Å².